The largest absolute Gasteiger partial charge is 0.380 e. The summed E-state index contributed by atoms with van der Waals surface area (Å²) >= 11 is 0. The Kier molecular flexibility index (Phi) is 11.2. The first-order valence-electron chi connectivity index (χ1n) is 6.34. The fourth-order valence-corrected chi connectivity index (χ4v) is 1.42. The molecule has 0 aromatic rings. The van der Waals surface area contributed by atoms with Gasteiger partial charge in [0.05, 0.1) is 12.6 Å². The summed E-state index contributed by atoms with van der Waals surface area (Å²) in [6, 6.07) is 0.111. The van der Waals surface area contributed by atoms with E-state index in [9.17, 15) is 0 Å². The van der Waals surface area contributed by atoms with Crippen molar-refractivity contribution in [3.63, 3.8) is 0 Å². The van der Waals surface area contributed by atoms with Crippen LogP contribution in [0.1, 0.15) is 34.1 Å². The second-order valence-corrected chi connectivity index (χ2v) is 3.50. The zero-order chi connectivity index (χ0) is 12.2. The lowest BCUT2D eigenvalue weighted by Crippen LogP contribution is -2.46. The Morgan fingerprint density at radius 3 is 2.00 bits per heavy atom. The smallest absolute Gasteiger partial charge is 0.174 e. The minimum atomic E-state index is -0.215. The van der Waals surface area contributed by atoms with Crippen molar-refractivity contribution in [3.8, 4) is 0 Å². The third kappa shape index (κ3) is 7.17. The summed E-state index contributed by atoms with van der Waals surface area (Å²) in [6.07, 6.45) is 0.876. The van der Waals surface area contributed by atoms with Crippen LogP contribution >= 0.6 is 0 Å². The van der Waals surface area contributed by atoms with E-state index >= 15 is 0 Å². The molecule has 0 bridgehead atoms. The SMILES string of the molecule is CCCNC(COCC)C(OCC)OCC. The lowest BCUT2D eigenvalue weighted by atomic mass is 10.3. The molecule has 0 spiro atoms. The van der Waals surface area contributed by atoms with Gasteiger partial charge in [0.1, 0.15) is 0 Å². The molecule has 1 unspecified atom stereocenters. The van der Waals surface area contributed by atoms with Crippen LogP contribution in [0.15, 0.2) is 0 Å². The van der Waals surface area contributed by atoms with Crippen LogP contribution in [0, 0.1) is 0 Å². The first-order valence-corrected chi connectivity index (χ1v) is 6.34. The molecular weight excluding hydrogens is 206 g/mol. The summed E-state index contributed by atoms with van der Waals surface area (Å²) in [4.78, 5) is 0. The van der Waals surface area contributed by atoms with Gasteiger partial charge in [-0.05, 0) is 33.7 Å². The van der Waals surface area contributed by atoms with E-state index < -0.39 is 0 Å². The van der Waals surface area contributed by atoms with Crippen molar-refractivity contribution in [1.82, 2.24) is 5.32 Å². The molecule has 0 aliphatic carbocycles. The highest BCUT2D eigenvalue weighted by Gasteiger charge is 2.21. The molecular formula is C12H27NO3. The molecule has 4 heteroatoms. The number of rotatable bonds is 11. The Bertz CT molecular complexity index is 130. The van der Waals surface area contributed by atoms with E-state index in [-0.39, 0.29) is 12.3 Å². The maximum atomic E-state index is 5.57. The lowest BCUT2D eigenvalue weighted by Gasteiger charge is -2.27. The van der Waals surface area contributed by atoms with Gasteiger partial charge < -0.3 is 19.5 Å². The number of nitrogens with one attached hydrogen (secondary N) is 1. The molecule has 1 N–H and O–H groups in total. The van der Waals surface area contributed by atoms with Gasteiger partial charge in [0.15, 0.2) is 6.29 Å². The van der Waals surface area contributed by atoms with Gasteiger partial charge >= 0.3 is 0 Å². The molecule has 0 aliphatic heterocycles. The van der Waals surface area contributed by atoms with E-state index in [1.54, 1.807) is 0 Å². The number of hydrogen-bond acceptors (Lipinski definition) is 4. The number of ether oxygens (including phenoxy) is 3. The van der Waals surface area contributed by atoms with Crippen LogP contribution in [0.5, 0.6) is 0 Å². The zero-order valence-corrected chi connectivity index (χ0v) is 11.1. The topological polar surface area (TPSA) is 39.7 Å². The molecule has 0 aliphatic rings. The van der Waals surface area contributed by atoms with E-state index in [1.165, 1.54) is 0 Å². The second kappa shape index (κ2) is 11.3. The van der Waals surface area contributed by atoms with Gasteiger partial charge in [-0.25, -0.2) is 0 Å². The van der Waals surface area contributed by atoms with Crippen molar-refractivity contribution in [2.45, 2.75) is 46.4 Å². The predicted molar refractivity (Wildman–Crippen MR) is 65.6 cm³/mol. The molecule has 0 radical (unpaired) electrons. The van der Waals surface area contributed by atoms with E-state index in [4.69, 9.17) is 14.2 Å². The van der Waals surface area contributed by atoms with Gasteiger partial charge in [-0.2, -0.15) is 0 Å². The van der Waals surface area contributed by atoms with Gasteiger partial charge in [-0.1, -0.05) is 6.92 Å². The summed E-state index contributed by atoms with van der Waals surface area (Å²) in [5.41, 5.74) is 0. The first kappa shape index (κ1) is 15.8. The molecule has 0 heterocycles. The molecule has 0 saturated carbocycles. The Morgan fingerprint density at radius 1 is 0.938 bits per heavy atom. The average Bonchev–Trinajstić information content (AvgIpc) is 2.29. The third-order valence-electron chi connectivity index (χ3n) is 2.15. The van der Waals surface area contributed by atoms with Crippen LogP contribution in [0.3, 0.4) is 0 Å². The normalized spacial score (nSPS) is 13.3. The van der Waals surface area contributed by atoms with Gasteiger partial charge in [-0.15, -0.1) is 0 Å². The molecule has 0 aromatic carbocycles. The highest BCUT2D eigenvalue weighted by atomic mass is 16.7. The monoisotopic (exact) mass is 233 g/mol. The van der Waals surface area contributed by atoms with Gasteiger partial charge in [0.2, 0.25) is 0 Å². The molecule has 0 saturated heterocycles. The first-order chi connectivity index (χ1) is 7.79. The summed E-state index contributed by atoms with van der Waals surface area (Å²) in [6.45, 7) is 11.7. The fraction of sp³-hybridized carbons (Fsp3) is 1.00. The highest BCUT2D eigenvalue weighted by molar-refractivity contribution is 4.70. The van der Waals surface area contributed by atoms with E-state index in [1.807, 2.05) is 20.8 Å². The number of hydrogen-bond donors (Lipinski definition) is 1. The Hall–Kier alpha value is -0.160. The van der Waals surface area contributed by atoms with Gasteiger partial charge in [0.25, 0.3) is 0 Å². The second-order valence-electron chi connectivity index (χ2n) is 3.50. The molecule has 0 fully saturated rings. The standard InChI is InChI=1S/C12H27NO3/c1-5-9-13-11(10-14-6-2)12(15-7-3)16-8-4/h11-13H,5-10H2,1-4H3. The van der Waals surface area contributed by atoms with E-state index in [0.29, 0.717) is 19.8 Å². The van der Waals surface area contributed by atoms with Crippen LogP contribution in [0.25, 0.3) is 0 Å². The van der Waals surface area contributed by atoms with Gasteiger partial charge in [-0.3, -0.25) is 0 Å². The van der Waals surface area contributed by atoms with Crippen molar-refractivity contribution in [2.24, 2.45) is 0 Å². The summed E-state index contributed by atoms with van der Waals surface area (Å²) in [5, 5.41) is 3.40. The minimum Gasteiger partial charge on any atom is -0.380 e. The van der Waals surface area contributed by atoms with Crippen molar-refractivity contribution in [3.05, 3.63) is 0 Å². The zero-order valence-electron chi connectivity index (χ0n) is 11.1. The molecule has 98 valence electrons. The third-order valence-corrected chi connectivity index (χ3v) is 2.15. The maximum Gasteiger partial charge on any atom is 0.174 e. The van der Waals surface area contributed by atoms with Crippen molar-refractivity contribution in [2.75, 3.05) is 33.0 Å². The average molecular weight is 233 g/mol. The summed E-state index contributed by atoms with van der Waals surface area (Å²) in [7, 11) is 0. The van der Waals surface area contributed by atoms with Crippen molar-refractivity contribution < 1.29 is 14.2 Å². The van der Waals surface area contributed by atoms with Gasteiger partial charge in [0, 0.05) is 19.8 Å². The molecule has 0 aromatic heterocycles. The fourth-order valence-electron chi connectivity index (χ4n) is 1.42. The van der Waals surface area contributed by atoms with Crippen LogP contribution in [-0.4, -0.2) is 45.3 Å². The molecule has 0 amide bonds. The minimum absolute atomic E-state index is 0.111. The quantitative estimate of drug-likeness (QED) is 0.552. The maximum absolute atomic E-state index is 5.57. The van der Waals surface area contributed by atoms with Crippen molar-refractivity contribution in [1.29, 1.82) is 0 Å². The van der Waals surface area contributed by atoms with E-state index in [0.717, 1.165) is 19.6 Å². The van der Waals surface area contributed by atoms with Crippen molar-refractivity contribution >= 4 is 0 Å². The molecule has 0 rings (SSSR count). The Balaban J connectivity index is 4.15. The molecule has 1 atom stereocenters. The Morgan fingerprint density at radius 2 is 1.56 bits per heavy atom. The summed E-state index contributed by atoms with van der Waals surface area (Å²) < 4.78 is 16.6. The van der Waals surface area contributed by atoms with Crippen LogP contribution in [-0.2, 0) is 14.2 Å². The molecule has 16 heavy (non-hydrogen) atoms. The van der Waals surface area contributed by atoms with Crippen LogP contribution < -0.4 is 5.32 Å². The van der Waals surface area contributed by atoms with E-state index in [2.05, 4.69) is 12.2 Å². The van der Waals surface area contributed by atoms with Crippen LogP contribution in [0.4, 0.5) is 0 Å². The van der Waals surface area contributed by atoms with Crippen LogP contribution in [0.2, 0.25) is 0 Å². The highest BCUT2D eigenvalue weighted by Crippen LogP contribution is 2.03. The molecule has 4 nitrogen and oxygen atoms in total. The predicted octanol–water partition coefficient (Wildman–Crippen LogP) is 1.79. The lowest BCUT2D eigenvalue weighted by molar-refractivity contribution is -0.162. The summed E-state index contributed by atoms with van der Waals surface area (Å²) in [5.74, 6) is 0. The Labute approximate surface area is 99.6 Å².